The lowest BCUT2D eigenvalue weighted by atomic mass is 10.1. The van der Waals surface area contributed by atoms with E-state index in [2.05, 4.69) is 5.32 Å². The Morgan fingerprint density at radius 2 is 1.74 bits per heavy atom. The van der Waals surface area contributed by atoms with Crippen LogP contribution in [-0.2, 0) is 9.47 Å². The third-order valence-electron chi connectivity index (χ3n) is 2.84. The van der Waals surface area contributed by atoms with Crippen molar-refractivity contribution in [3.05, 3.63) is 29.8 Å². The maximum absolute atomic E-state index is 12.5. The van der Waals surface area contributed by atoms with Crippen LogP contribution in [0.4, 0.5) is 5.69 Å². The second kappa shape index (κ2) is 8.50. The van der Waals surface area contributed by atoms with E-state index in [1.165, 1.54) is 0 Å². The summed E-state index contributed by atoms with van der Waals surface area (Å²) in [5, 5.41) is 3.03. The zero-order valence-corrected chi connectivity index (χ0v) is 11.8. The first-order valence-corrected chi connectivity index (χ1v) is 6.28. The predicted molar refractivity (Wildman–Crippen MR) is 75.6 cm³/mol. The van der Waals surface area contributed by atoms with Crippen molar-refractivity contribution in [3.8, 4) is 0 Å². The minimum atomic E-state index is -0.0148. The van der Waals surface area contributed by atoms with Crippen molar-refractivity contribution >= 4 is 11.6 Å². The summed E-state index contributed by atoms with van der Waals surface area (Å²) in [7, 11) is 5.06. The van der Waals surface area contributed by atoms with Crippen molar-refractivity contribution in [1.82, 2.24) is 4.90 Å². The molecule has 0 aromatic heterocycles. The van der Waals surface area contributed by atoms with E-state index in [9.17, 15) is 4.79 Å². The highest BCUT2D eigenvalue weighted by Crippen LogP contribution is 2.16. The molecule has 0 aliphatic carbocycles. The highest BCUT2D eigenvalue weighted by molar-refractivity contribution is 5.99. The van der Waals surface area contributed by atoms with E-state index in [1.807, 2.05) is 24.3 Å². The first kappa shape index (κ1) is 15.5. The summed E-state index contributed by atoms with van der Waals surface area (Å²) in [5.74, 6) is -0.0148. The number of hydrogen-bond donors (Lipinski definition) is 1. The Bertz CT molecular complexity index is 388. The summed E-state index contributed by atoms with van der Waals surface area (Å²) in [5.41, 5.74) is 1.49. The molecule has 1 N–H and O–H groups in total. The topological polar surface area (TPSA) is 50.8 Å². The first-order chi connectivity index (χ1) is 9.24. The lowest BCUT2D eigenvalue weighted by Crippen LogP contribution is -2.36. The average Bonchev–Trinajstić information content (AvgIpc) is 2.46. The fraction of sp³-hybridized carbons (Fsp3) is 0.500. The molecule has 1 rings (SSSR count). The van der Waals surface area contributed by atoms with Gasteiger partial charge in [-0.3, -0.25) is 4.79 Å². The van der Waals surface area contributed by atoms with E-state index < -0.39 is 0 Å². The van der Waals surface area contributed by atoms with Gasteiger partial charge in [0, 0.05) is 40.0 Å². The smallest absolute Gasteiger partial charge is 0.256 e. The lowest BCUT2D eigenvalue weighted by Gasteiger charge is -2.23. The summed E-state index contributed by atoms with van der Waals surface area (Å²) in [6.07, 6.45) is 0. The third kappa shape index (κ3) is 4.54. The first-order valence-electron chi connectivity index (χ1n) is 6.28. The van der Waals surface area contributed by atoms with E-state index in [0.717, 1.165) is 5.69 Å². The van der Waals surface area contributed by atoms with Crippen LogP contribution in [0.5, 0.6) is 0 Å². The van der Waals surface area contributed by atoms with Crippen molar-refractivity contribution in [2.24, 2.45) is 0 Å². The maximum Gasteiger partial charge on any atom is 0.256 e. The molecule has 0 aliphatic heterocycles. The molecule has 19 heavy (non-hydrogen) atoms. The van der Waals surface area contributed by atoms with Gasteiger partial charge in [0.25, 0.3) is 5.91 Å². The van der Waals surface area contributed by atoms with Crippen LogP contribution in [0.2, 0.25) is 0 Å². The molecule has 1 aromatic rings. The summed E-state index contributed by atoms with van der Waals surface area (Å²) in [4.78, 5) is 14.3. The predicted octanol–water partition coefficient (Wildman–Crippen LogP) is 1.46. The number of carbonyl (C=O) groups excluding carboxylic acids is 1. The van der Waals surface area contributed by atoms with E-state index in [1.54, 1.807) is 26.2 Å². The van der Waals surface area contributed by atoms with E-state index in [4.69, 9.17) is 9.47 Å². The summed E-state index contributed by atoms with van der Waals surface area (Å²) in [6, 6.07) is 7.47. The molecule has 0 radical (unpaired) electrons. The van der Waals surface area contributed by atoms with E-state index >= 15 is 0 Å². The molecule has 0 unspecified atom stereocenters. The number of rotatable bonds is 8. The minimum absolute atomic E-state index is 0.0148. The maximum atomic E-state index is 12.5. The van der Waals surface area contributed by atoms with E-state index in [-0.39, 0.29) is 5.91 Å². The molecule has 0 spiro atoms. The van der Waals surface area contributed by atoms with Gasteiger partial charge in [-0.1, -0.05) is 12.1 Å². The summed E-state index contributed by atoms with van der Waals surface area (Å²) >= 11 is 0. The molecule has 0 fully saturated rings. The summed E-state index contributed by atoms with van der Waals surface area (Å²) < 4.78 is 10.1. The molecule has 0 aliphatic rings. The van der Waals surface area contributed by atoms with Gasteiger partial charge in [-0.25, -0.2) is 0 Å². The standard InChI is InChI=1S/C14H22N2O3/c1-15-13-7-5-4-6-12(13)14(17)16(8-10-18-2)9-11-19-3/h4-7,15H,8-11H2,1-3H3. The van der Waals surface area contributed by atoms with Gasteiger partial charge in [0.15, 0.2) is 0 Å². The van der Waals surface area contributed by atoms with Crippen LogP contribution in [0.1, 0.15) is 10.4 Å². The van der Waals surface area contributed by atoms with Crippen LogP contribution in [0.15, 0.2) is 24.3 Å². The molecule has 106 valence electrons. The van der Waals surface area contributed by atoms with Gasteiger partial charge in [0.05, 0.1) is 18.8 Å². The second-order valence-corrected chi connectivity index (χ2v) is 4.07. The fourth-order valence-electron chi connectivity index (χ4n) is 1.78. The van der Waals surface area contributed by atoms with Crippen LogP contribution in [0.25, 0.3) is 0 Å². The number of hydrogen-bond acceptors (Lipinski definition) is 4. The number of anilines is 1. The zero-order chi connectivity index (χ0) is 14.1. The van der Waals surface area contributed by atoms with Gasteiger partial charge >= 0.3 is 0 Å². The van der Waals surface area contributed by atoms with Gasteiger partial charge in [-0.2, -0.15) is 0 Å². The van der Waals surface area contributed by atoms with Crippen molar-refractivity contribution in [3.63, 3.8) is 0 Å². The number of methoxy groups -OCH3 is 2. The van der Waals surface area contributed by atoms with Crippen LogP contribution < -0.4 is 5.32 Å². The molecule has 5 heteroatoms. The number of nitrogens with one attached hydrogen (secondary N) is 1. The third-order valence-corrected chi connectivity index (χ3v) is 2.84. The van der Waals surface area contributed by atoms with Crippen molar-refractivity contribution in [1.29, 1.82) is 0 Å². The molecule has 0 saturated carbocycles. The number of para-hydroxylation sites is 1. The SMILES string of the molecule is CNc1ccccc1C(=O)N(CCOC)CCOC. The number of nitrogens with zero attached hydrogens (tertiary/aromatic N) is 1. The van der Waals surface area contributed by atoms with E-state index in [0.29, 0.717) is 31.9 Å². The molecule has 0 heterocycles. The average molecular weight is 266 g/mol. The molecule has 0 atom stereocenters. The van der Waals surface area contributed by atoms with Crippen LogP contribution in [0.3, 0.4) is 0 Å². The molecule has 1 aromatic carbocycles. The largest absolute Gasteiger partial charge is 0.387 e. The molecule has 0 bridgehead atoms. The van der Waals surface area contributed by atoms with Crippen LogP contribution >= 0.6 is 0 Å². The number of carbonyl (C=O) groups is 1. The minimum Gasteiger partial charge on any atom is -0.387 e. The van der Waals surface area contributed by atoms with Gasteiger partial charge in [-0.15, -0.1) is 0 Å². The van der Waals surface area contributed by atoms with Crippen molar-refractivity contribution in [2.45, 2.75) is 0 Å². The number of ether oxygens (including phenoxy) is 2. The van der Waals surface area contributed by atoms with Crippen LogP contribution in [-0.4, -0.2) is 58.4 Å². The fourth-order valence-corrected chi connectivity index (χ4v) is 1.78. The Hall–Kier alpha value is -1.59. The Morgan fingerprint density at radius 3 is 2.26 bits per heavy atom. The van der Waals surface area contributed by atoms with Gasteiger partial charge in [-0.05, 0) is 12.1 Å². The molecular weight excluding hydrogens is 244 g/mol. The van der Waals surface area contributed by atoms with Gasteiger partial charge in [0.1, 0.15) is 0 Å². The highest BCUT2D eigenvalue weighted by Gasteiger charge is 2.17. The van der Waals surface area contributed by atoms with Crippen LogP contribution in [0, 0.1) is 0 Å². The molecule has 1 amide bonds. The monoisotopic (exact) mass is 266 g/mol. The zero-order valence-electron chi connectivity index (χ0n) is 11.8. The lowest BCUT2D eigenvalue weighted by molar-refractivity contribution is 0.0628. The number of amides is 1. The van der Waals surface area contributed by atoms with Crippen molar-refractivity contribution < 1.29 is 14.3 Å². The summed E-state index contributed by atoms with van der Waals surface area (Å²) in [6.45, 7) is 2.13. The Balaban J connectivity index is 2.84. The second-order valence-electron chi connectivity index (χ2n) is 4.07. The Morgan fingerprint density at radius 1 is 1.16 bits per heavy atom. The molecular formula is C14H22N2O3. The quantitative estimate of drug-likeness (QED) is 0.774. The Labute approximate surface area is 114 Å². The number of benzene rings is 1. The van der Waals surface area contributed by atoms with Crippen molar-refractivity contribution in [2.75, 3.05) is 52.9 Å². The normalized spacial score (nSPS) is 10.3. The molecule has 5 nitrogen and oxygen atoms in total. The van der Waals surface area contributed by atoms with Gasteiger partial charge in [0.2, 0.25) is 0 Å². The Kier molecular flexibility index (Phi) is 6.92. The van der Waals surface area contributed by atoms with Gasteiger partial charge < -0.3 is 19.7 Å². The molecule has 0 saturated heterocycles. The highest BCUT2D eigenvalue weighted by atomic mass is 16.5.